The first kappa shape index (κ1) is 16.7. The minimum Gasteiger partial charge on any atom is -0.355 e. The van der Waals surface area contributed by atoms with Crippen molar-refractivity contribution in [3.63, 3.8) is 0 Å². The van der Waals surface area contributed by atoms with Crippen molar-refractivity contribution in [2.24, 2.45) is 5.92 Å². The van der Waals surface area contributed by atoms with Gasteiger partial charge < -0.3 is 5.32 Å². The van der Waals surface area contributed by atoms with Gasteiger partial charge in [0.15, 0.2) is 0 Å². The maximum atomic E-state index is 12.0. The van der Waals surface area contributed by atoms with Crippen LogP contribution in [0.15, 0.2) is 28.7 Å². The van der Waals surface area contributed by atoms with E-state index < -0.39 is 0 Å². The number of imide groups is 1. The van der Waals surface area contributed by atoms with E-state index in [1.807, 2.05) is 31.2 Å². The molecular weight excluding hydrogens is 348 g/mol. The van der Waals surface area contributed by atoms with Crippen LogP contribution in [0.5, 0.6) is 0 Å². The molecule has 1 aliphatic rings. The number of piperidine rings is 1. The minimum absolute atomic E-state index is 0.114. The third-order valence-corrected chi connectivity index (χ3v) is 4.27. The number of hydrogen-bond donors (Lipinski definition) is 2. The molecular formula is C16H19BrN2O3. The molecule has 0 radical (unpaired) electrons. The fraction of sp³-hybridized carbons (Fsp3) is 0.438. The van der Waals surface area contributed by atoms with E-state index in [4.69, 9.17) is 0 Å². The summed E-state index contributed by atoms with van der Waals surface area (Å²) in [5, 5.41) is 5.12. The summed E-state index contributed by atoms with van der Waals surface area (Å²) in [6.45, 7) is 2.58. The highest BCUT2D eigenvalue weighted by Crippen LogP contribution is 2.19. The van der Waals surface area contributed by atoms with Gasteiger partial charge in [0.05, 0.1) is 0 Å². The monoisotopic (exact) mass is 366 g/mol. The van der Waals surface area contributed by atoms with Gasteiger partial charge in [-0.3, -0.25) is 19.7 Å². The van der Waals surface area contributed by atoms with Gasteiger partial charge >= 0.3 is 0 Å². The maximum Gasteiger partial charge on any atom is 0.226 e. The third-order valence-electron chi connectivity index (χ3n) is 3.75. The molecule has 2 N–H and O–H groups in total. The van der Waals surface area contributed by atoms with Crippen LogP contribution in [-0.2, 0) is 14.4 Å². The Labute approximate surface area is 138 Å². The molecule has 0 bridgehead atoms. The van der Waals surface area contributed by atoms with E-state index in [2.05, 4.69) is 26.6 Å². The van der Waals surface area contributed by atoms with Crippen molar-refractivity contribution >= 4 is 33.7 Å². The lowest BCUT2D eigenvalue weighted by molar-refractivity contribution is -0.135. The van der Waals surface area contributed by atoms with E-state index in [1.165, 1.54) is 0 Å². The molecule has 5 nitrogen and oxygen atoms in total. The summed E-state index contributed by atoms with van der Waals surface area (Å²) in [6, 6.07) is 7.98. The van der Waals surface area contributed by atoms with Gasteiger partial charge in [-0.25, -0.2) is 0 Å². The fourth-order valence-corrected chi connectivity index (χ4v) is 2.77. The first-order valence-corrected chi connectivity index (χ1v) is 8.08. The average Bonchev–Trinajstić information content (AvgIpc) is 2.44. The number of amides is 3. The largest absolute Gasteiger partial charge is 0.355 e. The lowest BCUT2D eigenvalue weighted by Gasteiger charge is -2.21. The summed E-state index contributed by atoms with van der Waals surface area (Å²) >= 11 is 3.39. The third kappa shape index (κ3) is 4.94. The van der Waals surface area contributed by atoms with Gasteiger partial charge in [-0.2, -0.15) is 0 Å². The highest BCUT2D eigenvalue weighted by Gasteiger charge is 2.26. The zero-order valence-corrected chi connectivity index (χ0v) is 14.0. The Morgan fingerprint density at radius 1 is 1.27 bits per heavy atom. The molecule has 22 heavy (non-hydrogen) atoms. The summed E-state index contributed by atoms with van der Waals surface area (Å²) < 4.78 is 1.02. The van der Waals surface area contributed by atoms with Crippen LogP contribution in [0.2, 0.25) is 0 Å². The van der Waals surface area contributed by atoms with Crippen LogP contribution in [0.25, 0.3) is 0 Å². The first-order valence-electron chi connectivity index (χ1n) is 7.29. The standard InChI is InChI=1S/C16H19BrN2O3/c1-10(12-2-4-13(17)5-3-12)9-18-14(20)6-11-7-15(21)19-16(22)8-11/h2-5,10-11H,6-9H2,1H3,(H,18,20)(H,19,21,22). The van der Waals surface area contributed by atoms with Crippen LogP contribution >= 0.6 is 15.9 Å². The molecule has 1 aliphatic heterocycles. The summed E-state index contributed by atoms with van der Waals surface area (Å²) in [7, 11) is 0. The van der Waals surface area contributed by atoms with Crippen molar-refractivity contribution in [2.45, 2.75) is 32.1 Å². The van der Waals surface area contributed by atoms with Crippen LogP contribution in [0.1, 0.15) is 37.7 Å². The van der Waals surface area contributed by atoms with Crippen LogP contribution in [0.3, 0.4) is 0 Å². The second-order valence-electron chi connectivity index (χ2n) is 5.71. The number of carbonyl (C=O) groups excluding carboxylic acids is 3. The number of hydrogen-bond acceptors (Lipinski definition) is 3. The molecule has 1 aromatic carbocycles. The Morgan fingerprint density at radius 2 is 1.86 bits per heavy atom. The predicted octanol–water partition coefficient (Wildman–Crippen LogP) is 2.11. The topological polar surface area (TPSA) is 75.3 Å². The van der Waals surface area contributed by atoms with E-state index in [9.17, 15) is 14.4 Å². The Bertz CT molecular complexity index is 555. The van der Waals surface area contributed by atoms with Crippen molar-refractivity contribution in [1.82, 2.24) is 10.6 Å². The number of nitrogens with one attached hydrogen (secondary N) is 2. The maximum absolute atomic E-state index is 12.0. The van der Waals surface area contributed by atoms with Gasteiger partial charge in [-0.15, -0.1) is 0 Å². The Hall–Kier alpha value is -1.69. The number of halogens is 1. The number of benzene rings is 1. The van der Waals surface area contributed by atoms with Gasteiger partial charge in [-0.05, 0) is 29.5 Å². The molecule has 6 heteroatoms. The smallest absolute Gasteiger partial charge is 0.226 e. The second-order valence-corrected chi connectivity index (χ2v) is 6.62. The van der Waals surface area contributed by atoms with Gasteiger partial charge in [0.2, 0.25) is 17.7 Å². The lowest BCUT2D eigenvalue weighted by atomic mass is 9.93. The van der Waals surface area contributed by atoms with Gasteiger partial charge in [0.25, 0.3) is 0 Å². The molecule has 1 fully saturated rings. The van der Waals surface area contributed by atoms with Crippen molar-refractivity contribution in [3.05, 3.63) is 34.3 Å². The fourth-order valence-electron chi connectivity index (χ4n) is 2.51. The molecule has 1 heterocycles. The molecule has 0 spiro atoms. The molecule has 2 rings (SSSR count). The van der Waals surface area contributed by atoms with E-state index in [0.29, 0.717) is 6.54 Å². The summed E-state index contributed by atoms with van der Waals surface area (Å²) in [5.41, 5.74) is 1.15. The molecule has 1 aromatic rings. The SMILES string of the molecule is CC(CNC(=O)CC1CC(=O)NC(=O)C1)c1ccc(Br)cc1. The molecule has 1 unspecified atom stereocenters. The van der Waals surface area contributed by atoms with Crippen molar-refractivity contribution in [2.75, 3.05) is 6.54 Å². The normalized spacial score (nSPS) is 17.0. The lowest BCUT2D eigenvalue weighted by Crippen LogP contribution is -2.40. The van der Waals surface area contributed by atoms with Crippen LogP contribution in [-0.4, -0.2) is 24.3 Å². The van der Waals surface area contributed by atoms with Crippen LogP contribution < -0.4 is 10.6 Å². The first-order chi connectivity index (χ1) is 10.4. The molecule has 0 saturated carbocycles. The van der Waals surface area contributed by atoms with E-state index in [-0.39, 0.29) is 48.8 Å². The zero-order valence-electron chi connectivity index (χ0n) is 12.4. The number of rotatable bonds is 5. The van der Waals surface area contributed by atoms with E-state index in [0.717, 1.165) is 10.0 Å². The van der Waals surface area contributed by atoms with E-state index in [1.54, 1.807) is 0 Å². The van der Waals surface area contributed by atoms with Crippen molar-refractivity contribution < 1.29 is 14.4 Å². The highest BCUT2D eigenvalue weighted by molar-refractivity contribution is 9.10. The highest BCUT2D eigenvalue weighted by atomic mass is 79.9. The molecule has 3 amide bonds. The summed E-state index contributed by atoms with van der Waals surface area (Å²) in [5.74, 6) is -0.691. The zero-order chi connectivity index (χ0) is 16.1. The predicted molar refractivity (Wildman–Crippen MR) is 86.1 cm³/mol. The van der Waals surface area contributed by atoms with Crippen molar-refractivity contribution in [3.8, 4) is 0 Å². The van der Waals surface area contributed by atoms with Gasteiger partial charge in [0, 0.05) is 30.3 Å². The summed E-state index contributed by atoms with van der Waals surface area (Å²) in [6.07, 6.45) is 0.690. The molecule has 118 valence electrons. The molecule has 1 atom stereocenters. The quantitative estimate of drug-likeness (QED) is 0.783. The van der Waals surface area contributed by atoms with Crippen molar-refractivity contribution in [1.29, 1.82) is 0 Å². The average molecular weight is 367 g/mol. The van der Waals surface area contributed by atoms with E-state index >= 15 is 0 Å². The number of carbonyl (C=O) groups is 3. The van der Waals surface area contributed by atoms with Crippen LogP contribution in [0.4, 0.5) is 0 Å². The minimum atomic E-state index is -0.294. The van der Waals surface area contributed by atoms with Gasteiger partial charge in [0.1, 0.15) is 0 Å². The molecule has 0 aromatic heterocycles. The van der Waals surface area contributed by atoms with Gasteiger partial charge in [-0.1, -0.05) is 35.0 Å². The summed E-state index contributed by atoms with van der Waals surface area (Å²) in [4.78, 5) is 34.5. The Kier molecular flexibility index (Phi) is 5.71. The molecule has 1 saturated heterocycles. The Morgan fingerprint density at radius 3 is 2.45 bits per heavy atom. The second kappa shape index (κ2) is 7.54. The molecule has 0 aliphatic carbocycles. The van der Waals surface area contributed by atoms with Crippen LogP contribution in [0, 0.1) is 5.92 Å². The Balaban J connectivity index is 1.78.